The first-order chi connectivity index (χ1) is 14.5. The van der Waals surface area contributed by atoms with Crippen LogP contribution in [-0.2, 0) is 11.2 Å². The minimum atomic E-state index is -1.87. The maximum atomic E-state index is 12.5. The summed E-state index contributed by atoms with van der Waals surface area (Å²) in [4.78, 5) is 24.0. The molecule has 0 bridgehead atoms. The van der Waals surface area contributed by atoms with E-state index in [1.165, 1.54) is 18.2 Å². The third kappa shape index (κ3) is 6.64. The Balaban J connectivity index is 2.27. The van der Waals surface area contributed by atoms with Crippen LogP contribution in [0.2, 0.25) is 0 Å². The highest BCUT2D eigenvalue weighted by molar-refractivity contribution is 5.92. The van der Waals surface area contributed by atoms with E-state index in [0.717, 1.165) is 6.42 Å². The standard InChI is InChI=1S/C22H33NO8/c1-11-6-7-16(25)19(27)20(28)21(29)23-14(9-12(2)8-11)17(26)10-13-4-3-5-15(24)18(13)22(30)31/h3-5,11-12,14,16-17,19-20,24-28H,6-10H2,1-2H3,(H,23,29)(H,30,31). The zero-order chi connectivity index (χ0) is 23.3. The maximum Gasteiger partial charge on any atom is 0.339 e. The number of aliphatic hydroxyl groups is 4. The van der Waals surface area contributed by atoms with Gasteiger partial charge >= 0.3 is 5.97 Å². The number of rotatable bonds is 4. The molecule has 174 valence electrons. The molecule has 0 spiro atoms. The van der Waals surface area contributed by atoms with Gasteiger partial charge in [-0.25, -0.2) is 4.79 Å². The van der Waals surface area contributed by atoms with Crippen molar-refractivity contribution in [3.05, 3.63) is 29.3 Å². The van der Waals surface area contributed by atoms with Crippen LogP contribution >= 0.6 is 0 Å². The Kier molecular flexibility index (Phi) is 8.81. The molecule has 0 aliphatic carbocycles. The molecule has 2 rings (SSSR count). The van der Waals surface area contributed by atoms with Crippen molar-refractivity contribution in [3.63, 3.8) is 0 Å². The zero-order valence-corrected chi connectivity index (χ0v) is 17.8. The molecule has 7 unspecified atom stereocenters. The van der Waals surface area contributed by atoms with E-state index in [1.807, 2.05) is 13.8 Å². The van der Waals surface area contributed by atoms with Gasteiger partial charge in [0.1, 0.15) is 17.4 Å². The molecule has 9 nitrogen and oxygen atoms in total. The van der Waals surface area contributed by atoms with Crippen molar-refractivity contribution >= 4 is 11.9 Å². The molecule has 31 heavy (non-hydrogen) atoms. The molecule has 0 radical (unpaired) electrons. The average Bonchev–Trinajstić information content (AvgIpc) is 2.69. The minimum absolute atomic E-state index is 0.0803. The van der Waals surface area contributed by atoms with E-state index < -0.39 is 48.1 Å². The van der Waals surface area contributed by atoms with Crippen molar-refractivity contribution in [2.24, 2.45) is 11.8 Å². The second kappa shape index (κ2) is 10.9. The normalized spacial score (nSPS) is 31.7. The van der Waals surface area contributed by atoms with Gasteiger partial charge in [0, 0.05) is 6.42 Å². The van der Waals surface area contributed by atoms with Crippen LogP contribution in [0.1, 0.15) is 55.5 Å². The lowest BCUT2D eigenvalue weighted by Crippen LogP contribution is -2.53. The number of aliphatic hydroxyl groups excluding tert-OH is 4. The minimum Gasteiger partial charge on any atom is -0.507 e. The van der Waals surface area contributed by atoms with Gasteiger partial charge in [0.05, 0.1) is 18.2 Å². The molecular formula is C22H33NO8. The summed E-state index contributed by atoms with van der Waals surface area (Å²) in [5, 5.41) is 63.0. The van der Waals surface area contributed by atoms with Crippen molar-refractivity contribution < 1.29 is 40.2 Å². The second-order valence-electron chi connectivity index (χ2n) is 8.76. The predicted octanol–water partition coefficient (Wildman–Crippen LogP) is 0.408. The second-order valence-corrected chi connectivity index (χ2v) is 8.76. The number of phenols is 1. The topological polar surface area (TPSA) is 168 Å². The van der Waals surface area contributed by atoms with Crippen molar-refractivity contribution in [2.45, 2.75) is 76.4 Å². The van der Waals surface area contributed by atoms with Crippen LogP contribution < -0.4 is 5.32 Å². The van der Waals surface area contributed by atoms with Gasteiger partial charge in [0.2, 0.25) is 0 Å². The average molecular weight is 440 g/mol. The molecule has 0 aromatic heterocycles. The Bertz CT molecular complexity index is 770. The number of benzene rings is 1. The van der Waals surface area contributed by atoms with Crippen LogP contribution in [0.4, 0.5) is 0 Å². The van der Waals surface area contributed by atoms with Crippen LogP contribution in [-0.4, -0.2) is 73.0 Å². The Morgan fingerprint density at radius 1 is 1.13 bits per heavy atom. The first-order valence-corrected chi connectivity index (χ1v) is 10.6. The molecule has 1 amide bonds. The summed E-state index contributed by atoms with van der Waals surface area (Å²) in [5.41, 5.74) is -0.112. The van der Waals surface area contributed by atoms with Crippen molar-refractivity contribution in [2.75, 3.05) is 0 Å². The van der Waals surface area contributed by atoms with Crippen LogP contribution in [0, 0.1) is 11.8 Å². The molecule has 1 aromatic rings. The zero-order valence-electron chi connectivity index (χ0n) is 17.8. The maximum absolute atomic E-state index is 12.5. The number of hydrogen-bond acceptors (Lipinski definition) is 7. The Labute approximate surface area is 181 Å². The Morgan fingerprint density at radius 2 is 1.81 bits per heavy atom. The molecular weight excluding hydrogens is 406 g/mol. The van der Waals surface area contributed by atoms with E-state index >= 15 is 0 Å². The lowest BCUT2D eigenvalue weighted by molar-refractivity contribution is -0.143. The first kappa shape index (κ1) is 25.1. The largest absolute Gasteiger partial charge is 0.507 e. The molecule has 1 saturated heterocycles. The summed E-state index contributed by atoms with van der Waals surface area (Å²) in [6, 6.07) is 3.35. The van der Waals surface area contributed by atoms with Gasteiger partial charge in [-0.15, -0.1) is 0 Å². The summed E-state index contributed by atoms with van der Waals surface area (Å²) in [7, 11) is 0. The highest BCUT2D eigenvalue weighted by Crippen LogP contribution is 2.26. The quantitative estimate of drug-likeness (QED) is 0.354. The molecule has 9 heteroatoms. The fourth-order valence-corrected chi connectivity index (χ4v) is 4.28. The summed E-state index contributed by atoms with van der Waals surface area (Å²) in [6.07, 6.45) is -4.16. The highest BCUT2D eigenvalue weighted by atomic mass is 16.4. The van der Waals surface area contributed by atoms with Crippen LogP contribution in [0.5, 0.6) is 5.75 Å². The lowest BCUT2D eigenvalue weighted by atomic mass is 9.85. The van der Waals surface area contributed by atoms with Gasteiger partial charge in [-0.2, -0.15) is 0 Å². The number of carbonyl (C=O) groups is 2. The molecule has 1 aliphatic rings. The van der Waals surface area contributed by atoms with Crippen molar-refractivity contribution in [3.8, 4) is 5.75 Å². The number of aromatic hydroxyl groups is 1. The summed E-state index contributed by atoms with van der Waals surface area (Å²) >= 11 is 0. The van der Waals surface area contributed by atoms with E-state index in [-0.39, 0.29) is 35.8 Å². The predicted molar refractivity (Wildman–Crippen MR) is 112 cm³/mol. The molecule has 1 aliphatic heterocycles. The SMILES string of the molecule is CC1CCC(O)C(O)C(O)C(=O)NC(C(O)Cc2cccc(O)c2C(=O)O)CC(C)C1. The Hall–Kier alpha value is -2.20. The summed E-state index contributed by atoms with van der Waals surface area (Å²) < 4.78 is 0. The number of nitrogens with one attached hydrogen (secondary N) is 1. The molecule has 0 saturated carbocycles. The molecule has 1 aromatic carbocycles. The van der Waals surface area contributed by atoms with E-state index in [4.69, 9.17) is 0 Å². The molecule has 1 heterocycles. The number of carbonyl (C=O) groups excluding carboxylic acids is 1. The van der Waals surface area contributed by atoms with Gasteiger partial charge in [-0.05, 0) is 49.1 Å². The summed E-state index contributed by atoms with van der Waals surface area (Å²) in [6.45, 7) is 3.97. The van der Waals surface area contributed by atoms with E-state index in [0.29, 0.717) is 12.8 Å². The van der Waals surface area contributed by atoms with Crippen molar-refractivity contribution in [1.29, 1.82) is 0 Å². The van der Waals surface area contributed by atoms with Gasteiger partial charge in [-0.1, -0.05) is 26.0 Å². The first-order valence-electron chi connectivity index (χ1n) is 10.6. The molecule has 7 atom stereocenters. The fraction of sp³-hybridized carbons (Fsp3) is 0.636. The van der Waals surface area contributed by atoms with Crippen LogP contribution in [0.3, 0.4) is 0 Å². The van der Waals surface area contributed by atoms with Gasteiger partial charge in [0.15, 0.2) is 6.10 Å². The van der Waals surface area contributed by atoms with E-state index in [2.05, 4.69) is 5.32 Å². The smallest absolute Gasteiger partial charge is 0.339 e. The molecule has 7 N–H and O–H groups in total. The summed E-state index contributed by atoms with van der Waals surface area (Å²) in [5.74, 6) is -2.39. The van der Waals surface area contributed by atoms with Gasteiger partial charge in [-0.3, -0.25) is 4.79 Å². The van der Waals surface area contributed by atoms with Crippen molar-refractivity contribution in [1.82, 2.24) is 5.32 Å². The number of amides is 1. The number of carboxylic acid groups (broad SMARTS) is 1. The van der Waals surface area contributed by atoms with E-state index in [1.54, 1.807) is 0 Å². The van der Waals surface area contributed by atoms with Gasteiger partial charge in [0.25, 0.3) is 5.91 Å². The number of hydrogen-bond donors (Lipinski definition) is 7. The third-order valence-electron chi connectivity index (χ3n) is 5.97. The number of carboxylic acids is 1. The highest BCUT2D eigenvalue weighted by Gasteiger charge is 2.34. The number of aromatic carboxylic acids is 1. The molecule has 1 fully saturated rings. The van der Waals surface area contributed by atoms with Crippen LogP contribution in [0.25, 0.3) is 0 Å². The lowest BCUT2D eigenvalue weighted by Gasteiger charge is -2.31. The third-order valence-corrected chi connectivity index (χ3v) is 5.97. The monoisotopic (exact) mass is 439 g/mol. The fourth-order valence-electron chi connectivity index (χ4n) is 4.28. The Morgan fingerprint density at radius 3 is 2.45 bits per heavy atom. The van der Waals surface area contributed by atoms with E-state index in [9.17, 15) is 40.2 Å². The van der Waals surface area contributed by atoms with Crippen LogP contribution in [0.15, 0.2) is 18.2 Å². The van der Waals surface area contributed by atoms with Gasteiger partial charge < -0.3 is 36.0 Å².